The summed E-state index contributed by atoms with van der Waals surface area (Å²) in [5, 5.41) is 3.22. The SMILES string of the molecule is CNC(C)c1cc(F)ccc1N1c2ccccc2CC1C. The first kappa shape index (κ1) is 14.1. The summed E-state index contributed by atoms with van der Waals surface area (Å²) >= 11 is 0. The van der Waals surface area contributed by atoms with Gasteiger partial charge in [0.1, 0.15) is 5.82 Å². The van der Waals surface area contributed by atoms with E-state index in [4.69, 9.17) is 0 Å². The number of fused-ring (bicyclic) bond motifs is 1. The number of anilines is 2. The predicted molar refractivity (Wildman–Crippen MR) is 85.6 cm³/mol. The number of nitrogens with zero attached hydrogens (tertiary/aromatic N) is 1. The van der Waals surface area contributed by atoms with E-state index < -0.39 is 0 Å². The van der Waals surface area contributed by atoms with Gasteiger partial charge in [-0.2, -0.15) is 0 Å². The molecule has 0 saturated heterocycles. The fourth-order valence-electron chi connectivity index (χ4n) is 3.18. The van der Waals surface area contributed by atoms with Crippen molar-refractivity contribution in [3.8, 4) is 0 Å². The first-order valence-electron chi connectivity index (χ1n) is 7.45. The highest BCUT2D eigenvalue weighted by Gasteiger charge is 2.29. The van der Waals surface area contributed by atoms with E-state index in [1.165, 1.54) is 11.3 Å². The molecule has 1 aliphatic heterocycles. The lowest BCUT2D eigenvalue weighted by Crippen LogP contribution is -2.26. The second kappa shape index (κ2) is 5.49. The van der Waals surface area contributed by atoms with Gasteiger partial charge >= 0.3 is 0 Å². The van der Waals surface area contributed by atoms with Crippen LogP contribution in [0.4, 0.5) is 15.8 Å². The normalized spacial score (nSPS) is 18.7. The van der Waals surface area contributed by atoms with E-state index in [2.05, 4.69) is 48.3 Å². The monoisotopic (exact) mass is 284 g/mol. The van der Waals surface area contributed by atoms with Crippen LogP contribution in [-0.2, 0) is 6.42 Å². The van der Waals surface area contributed by atoms with Crippen molar-refractivity contribution in [2.24, 2.45) is 0 Å². The molecule has 2 atom stereocenters. The Balaban J connectivity index is 2.12. The van der Waals surface area contributed by atoms with Crippen molar-refractivity contribution in [1.82, 2.24) is 5.32 Å². The van der Waals surface area contributed by atoms with E-state index in [0.29, 0.717) is 6.04 Å². The summed E-state index contributed by atoms with van der Waals surface area (Å²) in [6.07, 6.45) is 1.03. The molecule has 110 valence electrons. The molecule has 0 amide bonds. The summed E-state index contributed by atoms with van der Waals surface area (Å²) in [5.41, 5.74) is 4.69. The molecule has 21 heavy (non-hydrogen) atoms. The second-order valence-corrected chi connectivity index (χ2v) is 5.77. The largest absolute Gasteiger partial charge is 0.338 e. The maximum Gasteiger partial charge on any atom is 0.123 e. The van der Waals surface area contributed by atoms with Gasteiger partial charge in [0.2, 0.25) is 0 Å². The van der Waals surface area contributed by atoms with Crippen LogP contribution >= 0.6 is 0 Å². The number of hydrogen-bond donors (Lipinski definition) is 1. The third-order valence-electron chi connectivity index (χ3n) is 4.36. The standard InChI is InChI=1S/C18H21FN2/c1-12-10-14-6-4-5-7-17(14)21(12)18-9-8-15(19)11-16(18)13(2)20-3/h4-9,11-13,20H,10H2,1-3H3. The molecule has 0 saturated carbocycles. The molecule has 0 radical (unpaired) electrons. The molecule has 0 spiro atoms. The lowest BCUT2D eigenvalue weighted by molar-refractivity contribution is 0.606. The Hall–Kier alpha value is -1.87. The van der Waals surface area contributed by atoms with Crippen LogP contribution in [0.25, 0.3) is 0 Å². The Morgan fingerprint density at radius 1 is 1.19 bits per heavy atom. The van der Waals surface area contributed by atoms with Gasteiger partial charge < -0.3 is 10.2 Å². The number of para-hydroxylation sites is 1. The van der Waals surface area contributed by atoms with Gasteiger partial charge in [0.25, 0.3) is 0 Å². The van der Waals surface area contributed by atoms with Crippen molar-refractivity contribution >= 4 is 11.4 Å². The highest BCUT2D eigenvalue weighted by Crippen LogP contribution is 2.41. The Morgan fingerprint density at radius 3 is 2.71 bits per heavy atom. The average molecular weight is 284 g/mol. The van der Waals surface area contributed by atoms with Gasteiger partial charge in [0.05, 0.1) is 0 Å². The Labute approximate surface area is 125 Å². The highest BCUT2D eigenvalue weighted by atomic mass is 19.1. The zero-order chi connectivity index (χ0) is 15.0. The van der Waals surface area contributed by atoms with Gasteiger partial charge in [0, 0.05) is 23.5 Å². The van der Waals surface area contributed by atoms with Gasteiger partial charge in [0.15, 0.2) is 0 Å². The summed E-state index contributed by atoms with van der Waals surface area (Å²) in [6, 6.07) is 14.1. The van der Waals surface area contributed by atoms with Crippen LogP contribution in [0.15, 0.2) is 42.5 Å². The maximum absolute atomic E-state index is 13.7. The zero-order valence-electron chi connectivity index (χ0n) is 12.7. The van der Waals surface area contributed by atoms with E-state index in [-0.39, 0.29) is 11.9 Å². The molecule has 0 aromatic heterocycles. The summed E-state index contributed by atoms with van der Waals surface area (Å²) in [5.74, 6) is -0.184. The lowest BCUT2D eigenvalue weighted by Gasteiger charge is -2.29. The van der Waals surface area contributed by atoms with Crippen molar-refractivity contribution < 1.29 is 4.39 Å². The molecule has 0 fully saturated rings. The van der Waals surface area contributed by atoms with Gasteiger partial charge in [-0.1, -0.05) is 18.2 Å². The van der Waals surface area contributed by atoms with Crippen LogP contribution in [0, 0.1) is 5.82 Å². The first-order valence-corrected chi connectivity index (χ1v) is 7.45. The van der Waals surface area contributed by atoms with Crippen molar-refractivity contribution in [2.45, 2.75) is 32.4 Å². The number of halogens is 1. The Kier molecular flexibility index (Phi) is 3.68. The molecule has 3 heteroatoms. The molecule has 1 aliphatic rings. The third-order valence-corrected chi connectivity index (χ3v) is 4.36. The van der Waals surface area contributed by atoms with E-state index >= 15 is 0 Å². The third kappa shape index (κ3) is 2.42. The van der Waals surface area contributed by atoms with E-state index in [1.54, 1.807) is 12.1 Å². The quantitative estimate of drug-likeness (QED) is 0.909. The number of rotatable bonds is 3. The number of nitrogens with one attached hydrogen (secondary N) is 1. The minimum absolute atomic E-state index is 0.107. The lowest BCUT2D eigenvalue weighted by atomic mass is 10.0. The maximum atomic E-state index is 13.7. The summed E-state index contributed by atoms with van der Waals surface area (Å²) in [6.45, 7) is 4.28. The van der Waals surface area contributed by atoms with Crippen molar-refractivity contribution in [3.05, 3.63) is 59.4 Å². The summed E-state index contributed by atoms with van der Waals surface area (Å²) < 4.78 is 13.7. The summed E-state index contributed by atoms with van der Waals surface area (Å²) in [4.78, 5) is 2.33. The molecule has 0 aliphatic carbocycles. The van der Waals surface area contributed by atoms with Crippen molar-refractivity contribution in [1.29, 1.82) is 0 Å². The van der Waals surface area contributed by atoms with E-state index in [1.807, 2.05) is 13.1 Å². The molecule has 2 aromatic carbocycles. The molecule has 3 rings (SSSR count). The predicted octanol–water partition coefficient (Wildman–Crippen LogP) is 4.19. The Morgan fingerprint density at radius 2 is 1.95 bits per heavy atom. The molecule has 2 unspecified atom stereocenters. The first-order chi connectivity index (χ1) is 10.1. The topological polar surface area (TPSA) is 15.3 Å². The molecule has 0 bridgehead atoms. The summed E-state index contributed by atoms with van der Waals surface area (Å²) in [7, 11) is 1.90. The minimum atomic E-state index is -0.184. The second-order valence-electron chi connectivity index (χ2n) is 5.77. The Bertz CT molecular complexity index is 653. The fourth-order valence-corrected chi connectivity index (χ4v) is 3.18. The molecule has 1 heterocycles. The van der Waals surface area contributed by atoms with Crippen LogP contribution in [0.2, 0.25) is 0 Å². The van der Waals surface area contributed by atoms with E-state index in [0.717, 1.165) is 17.7 Å². The smallest absolute Gasteiger partial charge is 0.123 e. The van der Waals surface area contributed by atoms with E-state index in [9.17, 15) is 4.39 Å². The molecule has 2 aromatic rings. The highest BCUT2D eigenvalue weighted by molar-refractivity contribution is 5.73. The van der Waals surface area contributed by atoms with Gasteiger partial charge in [-0.25, -0.2) is 4.39 Å². The molecule has 1 N–H and O–H groups in total. The van der Waals surface area contributed by atoms with Gasteiger partial charge in [-0.3, -0.25) is 0 Å². The number of benzene rings is 2. The van der Waals surface area contributed by atoms with Gasteiger partial charge in [-0.15, -0.1) is 0 Å². The van der Waals surface area contributed by atoms with Crippen LogP contribution in [0.3, 0.4) is 0 Å². The van der Waals surface area contributed by atoms with Crippen molar-refractivity contribution in [3.63, 3.8) is 0 Å². The molecular weight excluding hydrogens is 263 g/mol. The number of hydrogen-bond acceptors (Lipinski definition) is 2. The van der Waals surface area contributed by atoms with Crippen LogP contribution in [0.1, 0.15) is 31.0 Å². The molecular formula is C18H21FN2. The van der Waals surface area contributed by atoms with Crippen LogP contribution < -0.4 is 10.2 Å². The van der Waals surface area contributed by atoms with Crippen LogP contribution in [0.5, 0.6) is 0 Å². The van der Waals surface area contributed by atoms with Crippen LogP contribution in [-0.4, -0.2) is 13.1 Å². The molecule has 2 nitrogen and oxygen atoms in total. The van der Waals surface area contributed by atoms with Gasteiger partial charge in [-0.05, 0) is 62.7 Å². The van der Waals surface area contributed by atoms with Crippen molar-refractivity contribution in [2.75, 3.05) is 11.9 Å². The fraction of sp³-hybridized carbons (Fsp3) is 0.333. The average Bonchev–Trinajstić information content (AvgIpc) is 2.82. The minimum Gasteiger partial charge on any atom is -0.338 e. The zero-order valence-corrected chi connectivity index (χ0v) is 12.7.